The van der Waals surface area contributed by atoms with Crippen molar-refractivity contribution < 1.29 is 14.3 Å². The fraction of sp³-hybridized carbons (Fsp3) is 0.500. The van der Waals surface area contributed by atoms with Crippen molar-refractivity contribution in [2.75, 3.05) is 7.11 Å². The summed E-state index contributed by atoms with van der Waals surface area (Å²) >= 11 is 0. The molecule has 0 saturated heterocycles. The molecule has 4 nitrogen and oxygen atoms in total. The number of ether oxygens (including phenoxy) is 1. The first-order chi connectivity index (χ1) is 7.54. The lowest BCUT2D eigenvalue weighted by atomic mass is 9.90. The van der Waals surface area contributed by atoms with E-state index in [4.69, 9.17) is 5.73 Å². The molecule has 88 valence electrons. The second-order valence-electron chi connectivity index (χ2n) is 3.94. The Morgan fingerprint density at radius 2 is 2.31 bits per heavy atom. The largest absolute Gasteiger partial charge is 0.468 e. The van der Waals surface area contributed by atoms with Gasteiger partial charge in [0.25, 0.3) is 0 Å². The summed E-state index contributed by atoms with van der Waals surface area (Å²) in [5.41, 5.74) is 6.38. The van der Waals surface area contributed by atoms with Crippen LogP contribution >= 0.6 is 0 Å². The lowest BCUT2D eigenvalue weighted by Gasteiger charge is -2.18. The van der Waals surface area contributed by atoms with Crippen LogP contribution in [0.15, 0.2) is 23.8 Å². The van der Waals surface area contributed by atoms with E-state index in [-0.39, 0.29) is 11.7 Å². The molecule has 0 fully saturated rings. The van der Waals surface area contributed by atoms with Crippen molar-refractivity contribution in [3.63, 3.8) is 0 Å². The van der Waals surface area contributed by atoms with E-state index in [9.17, 15) is 9.59 Å². The molecule has 0 bridgehead atoms. The van der Waals surface area contributed by atoms with Gasteiger partial charge in [-0.1, -0.05) is 18.2 Å². The third-order valence-electron chi connectivity index (χ3n) is 2.66. The Labute approximate surface area is 95.1 Å². The van der Waals surface area contributed by atoms with Gasteiger partial charge in [-0.25, -0.2) is 0 Å². The van der Waals surface area contributed by atoms with Gasteiger partial charge in [0.2, 0.25) is 0 Å². The van der Waals surface area contributed by atoms with Crippen molar-refractivity contribution in [2.45, 2.75) is 25.8 Å². The third-order valence-corrected chi connectivity index (χ3v) is 2.66. The summed E-state index contributed by atoms with van der Waals surface area (Å²) in [4.78, 5) is 22.2. The number of rotatable bonds is 4. The minimum absolute atomic E-state index is 0.0620. The van der Waals surface area contributed by atoms with Crippen molar-refractivity contribution in [1.29, 1.82) is 0 Å². The maximum absolute atomic E-state index is 11.1. The summed E-state index contributed by atoms with van der Waals surface area (Å²) in [6, 6.07) is -0.591. The minimum atomic E-state index is -0.591. The van der Waals surface area contributed by atoms with Gasteiger partial charge in [-0.2, -0.15) is 0 Å². The van der Waals surface area contributed by atoms with E-state index in [2.05, 4.69) is 4.74 Å². The van der Waals surface area contributed by atoms with Crippen molar-refractivity contribution in [3.8, 4) is 0 Å². The Bertz CT molecular complexity index is 344. The Balaban J connectivity index is 2.47. The molecule has 0 heterocycles. The summed E-state index contributed by atoms with van der Waals surface area (Å²) < 4.78 is 4.56. The van der Waals surface area contributed by atoms with Crippen molar-refractivity contribution in [2.24, 2.45) is 11.7 Å². The predicted octanol–water partition coefficient (Wildman–Crippen LogP) is 0.968. The molecule has 0 aromatic carbocycles. The normalized spacial score (nSPS) is 21.2. The van der Waals surface area contributed by atoms with Gasteiger partial charge in [0, 0.05) is 5.57 Å². The fourth-order valence-corrected chi connectivity index (χ4v) is 1.67. The predicted molar refractivity (Wildman–Crippen MR) is 60.6 cm³/mol. The van der Waals surface area contributed by atoms with Crippen LogP contribution in [0.3, 0.4) is 0 Å². The summed E-state index contributed by atoms with van der Waals surface area (Å²) in [7, 11) is 1.33. The highest BCUT2D eigenvalue weighted by molar-refractivity contribution is 5.96. The molecule has 0 radical (unpaired) electrons. The molecule has 0 amide bonds. The molecular weight excluding hydrogens is 206 g/mol. The number of carbonyl (C=O) groups excluding carboxylic acids is 2. The quantitative estimate of drug-likeness (QED) is 0.721. The number of ketones is 1. The van der Waals surface area contributed by atoms with E-state index in [0.29, 0.717) is 6.42 Å². The Morgan fingerprint density at radius 1 is 1.62 bits per heavy atom. The van der Waals surface area contributed by atoms with Gasteiger partial charge in [0.1, 0.15) is 6.04 Å². The van der Waals surface area contributed by atoms with Crippen LogP contribution in [0.4, 0.5) is 0 Å². The van der Waals surface area contributed by atoms with Gasteiger partial charge < -0.3 is 10.5 Å². The summed E-state index contributed by atoms with van der Waals surface area (Å²) in [6.07, 6.45) is 6.90. The zero-order valence-corrected chi connectivity index (χ0v) is 9.60. The Kier molecular flexibility index (Phi) is 4.43. The van der Waals surface area contributed by atoms with Crippen molar-refractivity contribution in [3.05, 3.63) is 23.8 Å². The molecule has 1 aliphatic rings. The van der Waals surface area contributed by atoms with E-state index >= 15 is 0 Å². The van der Waals surface area contributed by atoms with Crippen LogP contribution in [0.1, 0.15) is 19.8 Å². The molecule has 1 rings (SSSR count). The molecular formula is C12H17NO3. The monoisotopic (exact) mass is 223 g/mol. The number of hydrogen-bond acceptors (Lipinski definition) is 4. The highest BCUT2D eigenvalue weighted by atomic mass is 16.5. The fourth-order valence-electron chi connectivity index (χ4n) is 1.67. The molecule has 0 aromatic heterocycles. The summed E-state index contributed by atoms with van der Waals surface area (Å²) in [6.45, 7) is 1.54. The SMILES string of the molecule is COC(=O)[C@@H](N)CC1C=CC(C(C)=O)=CC1. The first kappa shape index (κ1) is 12.6. The molecule has 2 atom stereocenters. The molecule has 0 saturated carbocycles. The highest BCUT2D eigenvalue weighted by Gasteiger charge is 2.19. The summed E-state index contributed by atoms with van der Waals surface area (Å²) in [5.74, 6) is -0.126. The average Bonchev–Trinajstić information content (AvgIpc) is 2.28. The highest BCUT2D eigenvalue weighted by Crippen LogP contribution is 2.21. The molecule has 4 heteroatoms. The number of hydrogen-bond donors (Lipinski definition) is 1. The Morgan fingerprint density at radius 3 is 2.75 bits per heavy atom. The standard InChI is InChI=1S/C12H17NO3/c1-8(14)10-5-3-9(4-6-10)7-11(13)12(15)16-2/h3,5-6,9,11H,4,7,13H2,1-2H3/t9?,11-/m0/s1. The maximum Gasteiger partial charge on any atom is 0.322 e. The van der Waals surface area contributed by atoms with Crippen LogP contribution in [0.5, 0.6) is 0 Å². The van der Waals surface area contributed by atoms with Crippen LogP contribution < -0.4 is 5.73 Å². The van der Waals surface area contributed by atoms with Gasteiger partial charge in [0.15, 0.2) is 5.78 Å². The Hall–Kier alpha value is -1.42. The van der Waals surface area contributed by atoms with Crippen LogP contribution in [-0.2, 0) is 14.3 Å². The molecule has 0 aromatic rings. The van der Waals surface area contributed by atoms with Gasteiger partial charge in [-0.3, -0.25) is 9.59 Å². The zero-order valence-electron chi connectivity index (χ0n) is 9.60. The van der Waals surface area contributed by atoms with Crippen LogP contribution in [0.2, 0.25) is 0 Å². The maximum atomic E-state index is 11.1. The van der Waals surface area contributed by atoms with E-state index in [1.165, 1.54) is 14.0 Å². The smallest absolute Gasteiger partial charge is 0.322 e. The van der Waals surface area contributed by atoms with Gasteiger partial charge in [-0.05, 0) is 25.7 Å². The third kappa shape index (κ3) is 3.31. The number of esters is 1. The van der Waals surface area contributed by atoms with Crippen molar-refractivity contribution >= 4 is 11.8 Å². The topological polar surface area (TPSA) is 69.4 Å². The van der Waals surface area contributed by atoms with Gasteiger partial charge in [-0.15, -0.1) is 0 Å². The van der Waals surface area contributed by atoms with E-state index < -0.39 is 12.0 Å². The molecule has 0 aliphatic heterocycles. The number of Topliss-reactive ketones (excluding diaryl/α,β-unsaturated/α-hetero) is 1. The molecule has 2 N–H and O–H groups in total. The van der Waals surface area contributed by atoms with Crippen LogP contribution in [0.25, 0.3) is 0 Å². The molecule has 0 spiro atoms. The van der Waals surface area contributed by atoms with E-state index in [1.807, 2.05) is 12.2 Å². The molecule has 1 aliphatic carbocycles. The first-order valence-corrected chi connectivity index (χ1v) is 5.27. The molecule has 1 unspecified atom stereocenters. The second kappa shape index (κ2) is 5.61. The second-order valence-corrected chi connectivity index (χ2v) is 3.94. The van der Waals surface area contributed by atoms with Crippen molar-refractivity contribution in [1.82, 2.24) is 0 Å². The minimum Gasteiger partial charge on any atom is -0.468 e. The number of allylic oxidation sites excluding steroid dienone is 4. The first-order valence-electron chi connectivity index (χ1n) is 5.27. The van der Waals surface area contributed by atoms with Crippen LogP contribution in [-0.4, -0.2) is 24.9 Å². The zero-order chi connectivity index (χ0) is 12.1. The van der Waals surface area contributed by atoms with Crippen LogP contribution in [0, 0.1) is 5.92 Å². The van der Waals surface area contributed by atoms with Gasteiger partial charge in [0.05, 0.1) is 7.11 Å². The lowest BCUT2D eigenvalue weighted by Crippen LogP contribution is -2.33. The number of carbonyl (C=O) groups is 2. The summed E-state index contributed by atoms with van der Waals surface area (Å²) in [5, 5.41) is 0. The molecule has 16 heavy (non-hydrogen) atoms. The number of nitrogens with two attached hydrogens (primary N) is 1. The number of methoxy groups -OCH3 is 1. The lowest BCUT2D eigenvalue weighted by molar-refractivity contribution is -0.142. The van der Waals surface area contributed by atoms with E-state index in [1.54, 1.807) is 6.08 Å². The van der Waals surface area contributed by atoms with E-state index in [0.717, 1.165) is 12.0 Å². The average molecular weight is 223 g/mol. The van der Waals surface area contributed by atoms with Gasteiger partial charge >= 0.3 is 5.97 Å².